The van der Waals surface area contributed by atoms with Gasteiger partial charge >= 0.3 is 0 Å². The summed E-state index contributed by atoms with van der Waals surface area (Å²) in [6.45, 7) is 3.44. The number of hydrogen-bond donors (Lipinski definition) is 1. The van der Waals surface area contributed by atoms with E-state index in [-0.39, 0.29) is 18.6 Å². The molecule has 1 aromatic heterocycles. The second-order valence-corrected chi connectivity index (χ2v) is 6.13. The van der Waals surface area contributed by atoms with Crippen LogP contribution in [0.1, 0.15) is 19.8 Å². The SMILES string of the molecule is CC(O)C1CCN(C(=O)Cn2cc(-c3ccccc3)nn2)CC1. The van der Waals surface area contributed by atoms with Crippen LogP contribution in [0, 0.1) is 5.92 Å². The molecule has 1 saturated heterocycles. The Morgan fingerprint density at radius 1 is 1.30 bits per heavy atom. The summed E-state index contributed by atoms with van der Waals surface area (Å²) < 4.78 is 1.59. The smallest absolute Gasteiger partial charge is 0.244 e. The van der Waals surface area contributed by atoms with Gasteiger partial charge in [0.1, 0.15) is 12.2 Å². The minimum absolute atomic E-state index is 0.0542. The van der Waals surface area contributed by atoms with Crippen molar-refractivity contribution in [2.45, 2.75) is 32.4 Å². The molecule has 6 nitrogen and oxygen atoms in total. The van der Waals surface area contributed by atoms with E-state index in [9.17, 15) is 9.90 Å². The lowest BCUT2D eigenvalue weighted by Crippen LogP contribution is -2.42. The Kier molecular flexibility index (Phi) is 4.71. The van der Waals surface area contributed by atoms with Crippen molar-refractivity contribution < 1.29 is 9.90 Å². The highest BCUT2D eigenvalue weighted by Crippen LogP contribution is 2.21. The normalized spacial score (nSPS) is 17.2. The van der Waals surface area contributed by atoms with E-state index in [2.05, 4.69) is 10.3 Å². The molecule has 0 radical (unpaired) electrons. The molecule has 0 saturated carbocycles. The van der Waals surface area contributed by atoms with E-state index in [1.54, 1.807) is 10.9 Å². The standard InChI is InChI=1S/C17H22N4O2/c1-13(22)14-7-9-20(10-8-14)17(23)12-21-11-16(18-19-21)15-5-3-2-4-6-15/h2-6,11,13-14,22H,7-10,12H2,1H3. The first-order valence-corrected chi connectivity index (χ1v) is 8.05. The molecule has 23 heavy (non-hydrogen) atoms. The molecule has 122 valence electrons. The minimum Gasteiger partial charge on any atom is -0.393 e. The van der Waals surface area contributed by atoms with Crippen LogP contribution in [-0.4, -0.2) is 50.1 Å². The van der Waals surface area contributed by atoms with Gasteiger partial charge in [-0.25, -0.2) is 4.68 Å². The number of likely N-dealkylation sites (tertiary alicyclic amines) is 1. The Balaban J connectivity index is 1.58. The molecule has 1 aromatic carbocycles. The summed E-state index contributed by atoms with van der Waals surface area (Å²) in [5.74, 6) is 0.355. The predicted molar refractivity (Wildman–Crippen MR) is 86.4 cm³/mol. The van der Waals surface area contributed by atoms with Crippen LogP contribution in [0.2, 0.25) is 0 Å². The third-order valence-electron chi connectivity index (χ3n) is 4.48. The van der Waals surface area contributed by atoms with Crippen LogP contribution in [0.15, 0.2) is 36.5 Å². The molecule has 1 unspecified atom stereocenters. The summed E-state index contributed by atoms with van der Waals surface area (Å²) in [4.78, 5) is 14.2. The van der Waals surface area contributed by atoms with Crippen LogP contribution >= 0.6 is 0 Å². The number of benzene rings is 1. The van der Waals surface area contributed by atoms with Crippen molar-refractivity contribution in [3.63, 3.8) is 0 Å². The molecule has 1 aliphatic heterocycles. The van der Waals surface area contributed by atoms with Crippen molar-refractivity contribution in [3.05, 3.63) is 36.5 Å². The number of aliphatic hydroxyl groups is 1. The van der Waals surface area contributed by atoms with Gasteiger partial charge in [0.15, 0.2) is 0 Å². The number of carbonyl (C=O) groups excluding carboxylic acids is 1. The average Bonchev–Trinajstić information content (AvgIpc) is 3.04. The molecule has 6 heteroatoms. The number of aromatic nitrogens is 3. The maximum Gasteiger partial charge on any atom is 0.244 e. The molecule has 1 N–H and O–H groups in total. The van der Waals surface area contributed by atoms with Crippen LogP contribution < -0.4 is 0 Å². The monoisotopic (exact) mass is 314 g/mol. The first-order chi connectivity index (χ1) is 11.1. The van der Waals surface area contributed by atoms with Gasteiger partial charge in [0.25, 0.3) is 0 Å². The second kappa shape index (κ2) is 6.91. The van der Waals surface area contributed by atoms with Gasteiger partial charge < -0.3 is 10.0 Å². The van der Waals surface area contributed by atoms with Crippen molar-refractivity contribution in [1.29, 1.82) is 0 Å². The third-order valence-corrected chi connectivity index (χ3v) is 4.48. The number of amides is 1. The van der Waals surface area contributed by atoms with E-state index >= 15 is 0 Å². The summed E-state index contributed by atoms with van der Waals surface area (Å²) in [6.07, 6.45) is 3.22. The molecule has 1 aliphatic rings. The highest BCUT2D eigenvalue weighted by molar-refractivity contribution is 5.76. The highest BCUT2D eigenvalue weighted by Gasteiger charge is 2.25. The minimum atomic E-state index is -0.295. The quantitative estimate of drug-likeness (QED) is 0.930. The Bertz CT molecular complexity index is 646. The Morgan fingerprint density at radius 3 is 2.65 bits per heavy atom. The molecule has 0 spiro atoms. The molecular weight excluding hydrogens is 292 g/mol. The van der Waals surface area contributed by atoms with Gasteiger partial charge in [0.2, 0.25) is 5.91 Å². The molecule has 0 bridgehead atoms. The van der Waals surface area contributed by atoms with E-state index in [1.807, 2.05) is 42.2 Å². The summed E-state index contributed by atoms with van der Waals surface area (Å²) in [5.41, 5.74) is 1.76. The van der Waals surface area contributed by atoms with Gasteiger partial charge in [-0.05, 0) is 25.7 Å². The van der Waals surface area contributed by atoms with Gasteiger partial charge in [-0.1, -0.05) is 35.5 Å². The lowest BCUT2D eigenvalue weighted by Gasteiger charge is -2.33. The molecule has 0 aliphatic carbocycles. The van der Waals surface area contributed by atoms with E-state index < -0.39 is 0 Å². The Labute approximate surface area is 135 Å². The topological polar surface area (TPSA) is 71.2 Å². The summed E-state index contributed by atoms with van der Waals surface area (Å²) >= 11 is 0. The van der Waals surface area contributed by atoms with Crippen molar-refractivity contribution in [2.75, 3.05) is 13.1 Å². The Hall–Kier alpha value is -2.21. The number of hydrogen-bond acceptors (Lipinski definition) is 4. The summed E-state index contributed by atoms with van der Waals surface area (Å²) in [5, 5.41) is 17.8. The van der Waals surface area contributed by atoms with Crippen LogP contribution in [0.4, 0.5) is 0 Å². The largest absolute Gasteiger partial charge is 0.393 e. The summed E-state index contributed by atoms with van der Waals surface area (Å²) in [6, 6.07) is 9.79. The molecule has 1 atom stereocenters. The number of nitrogens with zero attached hydrogens (tertiary/aromatic N) is 4. The second-order valence-electron chi connectivity index (χ2n) is 6.13. The first-order valence-electron chi connectivity index (χ1n) is 8.05. The zero-order valence-electron chi connectivity index (χ0n) is 13.3. The zero-order valence-corrected chi connectivity index (χ0v) is 13.3. The molecular formula is C17H22N4O2. The van der Waals surface area contributed by atoms with Crippen molar-refractivity contribution in [3.8, 4) is 11.3 Å². The maximum absolute atomic E-state index is 12.4. The van der Waals surface area contributed by atoms with Gasteiger partial charge in [0, 0.05) is 18.7 Å². The number of aliphatic hydroxyl groups excluding tert-OH is 1. The van der Waals surface area contributed by atoms with Gasteiger partial charge in [-0.3, -0.25) is 4.79 Å². The van der Waals surface area contributed by atoms with Gasteiger partial charge in [-0.2, -0.15) is 0 Å². The lowest BCUT2D eigenvalue weighted by atomic mass is 9.92. The van der Waals surface area contributed by atoms with E-state index in [1.165, 1.54) is 0 Å². The zero-order chi connectivity index (χ0) is 16.2. The fraction of sp³-hybridized carbons (Fsp3) is 0.471. The van der Waals surface area contributed by atoms with Crippen LogP contribution in [0.5, 0.6) is 0 Å². The lowest BCUT2D eigenvalue weighted by molar-refractivity contribution is -0.134. The van der Waals surface area contributed by atoms with Crippen LogP contribution in [0.3, 0.4) is 0 Å². The van der Waals surface area contributed by atoms with Crippen molar-refractivity contribution >= 4 is 5.91 Å². The molecule has 2 heterocycles. The molecule has 2 aromatic rings. The molecule has 3 rings (SSSR count). The fourth-order valence-electron chi connectivity index (χ4n) is 2.99. The Morgan fingerprint density at radius 2 is 2.00 bits per heavy atom. The first kappa shape index (κ1) is 15.7. The van der Waals surface area contributed by atoms with Gasteiger partial charge in [0.05, 0.1) is 12.3 Å². The predicted octanol–water partition coefficient (Wildman–Crippen LogP) is 1.56. The summed E-state index contributed by atoms with van der Waals surface area (Å²) in [7, 11) is 0. The maximum atomic E-state index is 12.4. The number of rotatable bonds is 4. The van der Waals surface area contributed by atoms with E-state index in [0.29, 0.717) is 19.0 Å². The number of piperidine rings is 1. The molecule has 1 amide bonds. The van der Waals surface area contributed by atoms with Gasteiger partial charge in [-0.15, -0.1) is 5.10 Å². The highest BCUT2D eigenvalue weighted by atomic mass is 16.3. The molecule has 1 fully saturated rings. The fourth-order valence-corrected chi connectivity index (χ4v) is 2.99. The average molecular weight is 314 g/mol. The van der Waals surface area contributed by atoms with Crippen molar-refractivity contribution in [2.24, 2.45) is 5.92 Å². The van der Waals surface area contributed by atoms with E-state index in [4.69, 9.17) is 0 Å². The van der Waals surface area contributed by atoms with Crippen molar-refractivity contribution in [1.82, 2.24) is 19.9 Å². The van der Waals surface area contributed by atoms with E-state index in [0.717, 1.165) is 24.1 Å². The van der Waals surface area contributed by atoms with Crippen LogP contribution in [0.25, 0.3) is 11.3 Å². The number of carbonyl (C=O) groups is 1. The van der Waals surface area contributed by atoms with Crippen LogP contribution in [-0.2, 0) is 11.3 Å². The third kappa shape index (κ3) is 3.76.